The van der Waals surface area contributed by atoms with Gasteiger partial charge in [0.2, 0.25) is 10.0 Å². The number of nitrogens with one attached hydrogen (secondary N) is 1. The van der Waals surface area contributed by atoms with Gasteiger partial charge in [-0.2, -0.15) is 0 Å². The van der Waals surface area contributed by atoms with Crippen LogP contribution in [0.4, 0.5) is 14.5 Å². The quantitative estimate of drug-likeness (QED) is 0.350. The van der Waals surface area contributed by atoms with Crippen molar-refractivity contribution in [2.75, 3.05) is 38.2 Å². The minimum Gasteiger partial charge on any atom is -0.399 e. The van der Waals surface area contributed by atoms with E-state index in [0.717, 1.165) is 43.8 Å². The average Bonchev–Trinajstić information content (AvgIpc) is 2.88. The van der Waals surface area contributed by atoms with Gasteiger partial charge in [0.25, 0.3) is 0 Å². The van der Waals surface area contributed by atoms with Crippen LogP contribution in [0.5, 0.6) is 0 Å². The van der Waals surface area contributed by atoms with Crippen molar-refractivity contribution in [1.82, 2.24) is 9.62 Å². The maximum atomic E-state index is 14.1. The first-order valence-corrected chi connectivity index (χ1v) is 16.1. The molecule has 0 radical (unpaired) electrons. The molecule has 4 rings (SSSR count). The monoisotopic (exact) mass is 577 g/mol. The Hall–Kier alpha value is -2.86. The van der Waals surface area contributed by atoms with E-state index < -0.39 is 31.5 Å². The van der Waals surface area contributed by atoms with Crippen LogP contribution in [-0.4, -0.2) is 54.2 Å². The van der Waals surface area contributed by atoms with Crippen LogP contribution in [-0.2, 0) is 19.9 Å². The fourth-order valence-corrected chi connectivity index (χ4v) is 6.68. The van der Waals surface area contributed by atoms with E-state index >= 15 is 0 Å². The maximum Gasteiger partial charge on any atom is 0.240 e. The van der Waals surface area contributed by atoms with Crippen LogP contribution in [0, 0.1) is 17.6 Å². The zero-order valence-corrected chi connectivity index (χ0v) is 23.3. The highest BCUT2D eigenvalue weighted by Crippen LogP contribution is 2.31. The standard InChI is InChI=1S/C28H33F2N3O4S2/c1-38(34,35)26-6-2-21(3-7-26)28(22-16-23(29)18-24(30)17-22)12-15-33-13-10-20(11-14-33)19-32-39(36,37)27-8-4-25(31)5-9-27/h2-9,16-18,20,28,32H,10-15,19,31H2,1H3/t28-/m1/s1. The molecule has 1 atom stereocenters. The van der Waals surface area contributed by atoms with E-state index in [4.69, 9.17) is 5.73 Å². The number of nitrogens with zero attached hydrogens (tertiary/aromatic N) is 1. The van der Waals surface area contributed by atoms with Crippen molar-refractivity contribution in [3.8, 4) is 0 Å². The van der Waals surface area contributed by atoms with E-state index in [0.29, 0.717) is 30.8 Å². The summed E-state index contributed by atoms with van der Waals surface area (Å²) in [6.45, 7) is 2.55. The van der Waals surface area contributed by atoms with E-state index in [9.17, 15) is 25.6 Å². The smallest absolute Gasteiger partial charge is 0.240 e. The molecule has 0 amide bonds. The molecule has 39 heavy (non-hydrogen) atoms. The van der Waals surface area contributed by atoms with Crippen LogP contribution in [0.3, 0.4) is 0 Å². The van der Waals surface area contributed by atoms with Gasteiger partial charge in [-0.05, 0) is 104 Å². The number of likely N-dealkylation sites (tertiary alicyclic amines) is 1. The summed E-state index contributed by atoms with van der Waals surface area (Å²) in [6, 6.07) is 16.0. The summed E-state index contributed by atoms with van der Waals surface area (Å²) in [5, 5.41) is 0. The second-order valence-corrected chi connectivity index (χ2v) is 13.9. The Labute approximate surface area is 229 Å². The number of halogens is 2. The van der Waals surface area contributed by atoms with Crippen LogP contribution >= 0.6 is 0 Å². The van der Waals surface area contributed by atoms with Gasteiger partial charge < -0.3 is 10.6 Å². The summed E-state index contributed by atoms with van der Waals surface area (Å²) in [5.41, 5.74) is 7.41. The number of hydrogen-bond donors (Lipinski definition) is 2. The fourth-order valence-electron chi connectivity index (χ4n) is 4.93. The molecule has 210 valence electrons. The van der Waals surface area contributed by atoms with Crippen LogP contribution < -0.4 is 10.5 Å². The van der Waals surface area contributed by atoms with E-state index in [2.05, 4.69) is 9.62 Å². The summed E-state index contributed by atoms with van der Waals surface area (Å²) in [4.78, 5) is 2.63. The molecule has 1 aliphatic rings. The summed E-state index contributed by atoms with van der Waals surface area (Å²) >= 11 is 0. The van der Waals surface area contributed by atoms with Gasteiger partial charge in [0.15, 0.2) is 9.84 Å². The number of benzene rings is 3. The fraction of sp³-hybridized carbons (Fsp3) is 0.357. The molecule has 0 spiro atoms. The van der Waals surface area contributed by atoms with Gasteiger partial charge in [-0.25, -0.2) is 30.3 Å². The molecule has 0 aromatic heterocycles. The number of hydrogen-bond acceptors (Lipinski definition) is 6. The highest BCUT2D eigenvalue weighted by molar-refractivity contribution is 7.90. The van der Waals surface area contributed by atoms with Crippen molar-refractivity contribution in [2.45, 2.75) is 35.0 Å². The van der Waals surface area contributed by atoms with Gasteiger partial charge in [0.05, 0.1) is 9.79 Å². The zero-order chi connectivity index (χ0) is 28.2. The van der Waals surface area contributed by atoms with Gasteiger partial charge in [-0.1, -0.05) is 12.1 Å². The highest BCUT2D eigenvalue weighted by Gasteiger charge is 2.24. The summed E-state index contributed by atoms with van der Waals surface area (Å²) in [6.07, 6.45) is 3.34. The van der Waals surface area contributed by atoms with Crippen molar-refractivity contribution in [3.05, 3.63) is 89.5 Å². The minimum atomic E-state index is -3.61. The van der Waals surface area contributed by atoms with Crippen molar-refractivity contribution in [1.29, 1.82) is 0 Å². The van der Waals surface area contributed by atoms with E-state index in [1.54, 1.807) is 24.3 Å². The Morgan fingerprint density at radius 1 is 0.872 bits per heavy atom. The van der Waals surface area contributed by atoms with Crippen molar-refractivity contribution >= 4 is 25.5 Å². The predicted molar refractivity (Wildman–Crippen MR) is 148 cm³/mol. The van der Waals surface area contributed by atoms with Gasteiger partial charge in [0, 0.05) is 30.5 Å². The number of piperidine rings is 1. The third kappa shape index (κ3) is 7.84. The molecule has 1 aliphatic heterocycles. The summed E-state index contributed by atoms with van der Waals surface area (Å²) in [5.74, 6) is -1.45. The van der Waals surface area contributed by atoms with Gasteiger partial charge in [-0.3, -0.25) is 0 Å². The Morgan fingerprint density at radius 2 is 1.44 bits per heavy atom. The zero-order valence-electron chi connectivity index (χ0n) is 21.7. The lowest BCUT2D eigenvalue weighted by atomic mass is 9.87. The van der Waals surface area contributed by atoms with Gasteiger partial charge in [0.1, 0.15) is 11.6 Å². The van der Waals surface area contributed by atoms with Gasteiger partial charge in [-0.15, -0.1) is 0 Å². The lowest BCUT2D eigenvalue weighted by molar-refractivity contribution is 0.182. The lowest BCUT2D eigenvalue weighted by Gasteiger charge is -2.33. The van der Waals surface area contributed by atoms with E-state index in [1.807, 2.05) is 0 Å². The molecule has 1 heterocycles. The molecule has 3 aromatic carbocycles. The summed E-state index contributed by atoms with van der Waals surface area (Å²) < 4.78 is 79.7. The van der Waals surface area contributed by atoms with Crippen molar-refractivity contribution in [2.24, 2.45) is 5.92 Å². The van der Waals surface area contributed by atoms with E-state index in [-0.39, 0.29) is 21.6 Å². The Bertz CT molecular complexity index is 1470. The first kappa shape index (κ1) is 29.1. The summed E-state index contributed by atoms with van der Waals surface area (Å²) in [7, 11) is -6.98. The average molecular weight is 578 g/mol. The second-order valence-electron chi connectivity index (χ2n) is 10.1. The van der Waals surface area contributed by atoms with Crippen LogP contribution in [0.15, 0.2) is 76.5 Å². The molecule has 0 aliphatic carbocycles. The second kappa shape index (κ2) is 12.1. The molecular weight excluding hydrogens is 544 g/mol. The third-order valence-corrected chi connectivity index (χ3v) is 9.76. The normalized spacial score (nSPS) is 16.3. The van der Waals surface area contributed by atoms with Crippen LogP contribution in [0.1, 0.15) is 36.3 Å². The number of sulfone groups is 1. The van der Waals surface area contributed by atoms with Crippen molar-refractivity contribution in [3.63, 3.8) is 0 Å². The first-order chi connectivity index (χ1) is 18.4. The highest BCUT2D eigenvalue weighted by atomic mass is 32.2. The van der Waals surface area contributed by atoms with E-state index in [1.165, 1.54) is 36.4 Å². The number of nitrogen functional groups attached to an aromatic ring is 1. The molecule has 3 aromatic rings. The first-order valence-electron chi connectivity index (χ1n) is 12.7. The largest absolute Gasteiger partial charge is 0.399 e. The molecule has 11 heteroatoms. The molecule has 7 nitrogen and oxygen atoms in total. The van der Waals surface area contributed by atoms with Crippen LogP contribution in [0.25, 0.3) is 0 Å². The predicted octanol–water partition coefficient (Wildman–Crippen LogP) is 4.16. The SMILES string of the molecule is CS(=O)(=O)c1ccc([C@@H](CCN2CCC(CNS(=O)(=O)c3ccc(N)cc3)CC2)c2cc(F)cc(F)c2)cc1. The topological polar surface area (TPSA) is 110 Å². The molecule has 0 saturated carbocycles. The number of sulfonamides is 1. The third-order valence-electron chi connectivity index (χ3n) is 7.19. The number of nitrogens with two attached hydrogens (primary N) is 1. The Balaban J connectivity index is 1.37. The molecule has 0 bridgehead atoms. The molecule has 1 saturated heterocycles. The van der Waals surface area contributed by atoms with Crippen molar-refractivity contribution < 1.29 is 25.6 Å². The molecule has 3 N–H and O–H groups in total. The lowest BCUT2D eigenvalue weighted by Crippen LogP contribution is -2.39. The maximum absolute atomic E-state index is 14.1. The molecule has 0 unspecified atom stereocenters. The minimum absolute atomic E-state index is 0.179. The number of anilines is 1. The molecule has 1 fully saturated rings. The molecular formula is C28H33F2N3O4S2. The Kier molecular flexibility index (Phi) is 9.05. The Morgan fingerprint density at radius 3 is 2.00 bits per heavy atom. The number of rotatable bonds is 10. The van der Waals surface area contributed by atoms with Gasteiger partial charge >= 0.3 is 0 Å². The van der Waals surface area contributed by atoms with Crippen LogP contribution in [0.2, 0.25) is 0 Å².